The zero-order valence-electron chi connectivity index (χ0n) is 10.3. The summed E-state index contributed by atoms with van der Waals surface area (Å²) in [5.41, 5.74) is 2.48. The van der Waals surface area contributed by atoms with E-state index in [9.17, 15) is 4.79 Å². The number of hydrogen-bond acceptors (Lipinski definition) is 2. The summed E-state index contributed by atoms with van der Waals surface area (Å²) < 4.78 is 0. The van der Waals surface area contributed by atoms with Crippen molar-refractivity contribution >= 4 is 22.9 Å². The molecule has 1 aromatic heterocycles. The van der Waals surface area contributed by atoms with Gasteiger partial charge in [0.1, 0.15) is 0 Å². The Labute approximate surface area is 111 Å². The second-order valence-corrected chi connectivity index (χ2v) is 5.99. The monoisotopic (exact) mass is 257 g/mol. The molecule has 1 aliphatic rings. The Morgan fingerprint density at radius 2 is 2.00 bits per heavy atom. The molecule has 0 atom stereocenters. The van der Waals surface area contributed by atoms with Crippen LogP contribution in [0.5, 0.6) is 0 Å². The van der Waals surface area contributed by atoms with Crippen LogP contribution >= 0.6 is 11.3 Å². The highest BCUT2D eigenvalue weighted by Gasteiger charge is 2.40. The van der Waals surface area contributed by atoms with Crippen LogP contribution in [0.3, 0.4) is 0 Å². The van der Waals surface area contributed by atoms with Gasteiger partial charge in [-0.2, -0.15) is 0 Å². The molecule has 0 spiro atoms. The number of rotatable bonds is 3. The van der Waals surface area contributed by atoms with Crippen LogP contribution in [0.15, 0.2) is 41.8 Å². The molecule has 1 aromatic carbocycles. The van der Waals surface area contributed by atoms with E-state index in [0.717, 1.165) is 10.6 Å². The minimum Gasteiger partial charge on any atom is -0.321 e. The van der Waals surface area contributed by atoms with Crippen molar-refractivity contribution in [3.8, 4) is 0 Å². The zero-order chi connectivity index (χ0) is 12.6. The lowest BCUT2D eigenvalue weighted by molar-refractivity contribution is 0.103. The van der Waals surface area contributed by atoms with Gasteiger partial charge in [0, 0.05) is 5.69 Å². The summed E-state index contributed by atoms with van der Waals surface area (Å²) in [4.78, 5) is 12.8. The van der Waals surface area contributed by atoms with E-state index in [1.807, 2.05) is 35.7 Å². The number of carbonyl (C=O) groups is 1. The van der Waals surface area contributed by atoms with Gasteiger partial charge in [0.05, 0.1) is 4.88 Å². The molecule has 92 valence electrons. The van der Waals surface area contributed by atoms with Gasteiger partial charge in [-0.05, 0) is 41.3 Å². The minimum absolute atomic E-state index is 0.0123. The summed E-state index contributed by atoms with van der Waals surface area (Å²) in [6, 6.07) is 11.9. The maximum atomic E-state index is 12.1. The van der Waals surface area contributed by atoms with E-state index in [2.05, 4.69) is 18.3 Å². The lowest BCUT2D eigenvalue weighted by Gasteiger charge is -2.15. The Bertz CT molecular complexity index is 570. The minimum atomic E-state index is -0.0123. The second-order valence-electron chi connectivity index (χ2n) is 5.04. The molecular weight excluding hydrogens is 242 g/mol. The lowest BCUT2D eigenvalue weighted by Crippen LogP contribution is -2.14. The molecule has 0 aliphatic heterocycles. The Hall–Kier alpha value is -1.61. The maximum absolute atomic E-state index is 12.1. The predicted molar refractivity (Wildman–Crippen MR) is 75.3 cm³/mol. The van der Waals surface area contributed by atoms with E-state index in [1.54, 1.807) is 0 Å². The highest BCUT2D eigenvalue weighted by molar-refractivity contribution is 7.12. The van der Waals surface area contributed by atoms with Crippen molar-refractivity contribution in [2.75, 3.05) is 5.32 Å². The number of anilines is 1. The lowest BCUT2D eigenvalue weighted by atomic mass is 9.96. The molecular formula is C15H15NOS. The highest BCUT2D eigenvalue weighted by atomic mass is 32.1. The van der Waals surface area contributed by atoms with E-state index >= 15 is 0 Å². The molecule has 1 fully saturated rings. The van der Waals surface area contributed by atoms with Gasteiger partial charge in [0.15, 0.2) is 0 Å². The molecule has 1 saturated carbocycles. The Morgan fingerprint density at radius 3 is 2.67 bits per heavy atom. The smallest absolute Gasteiger partial charge is 0.265 e. The molecule has 1 aliphatic carbocycles. The molecule has 2 aromatic rings. The number of para-hydroxylation sites is 1. The highest BCUT2D eigenvalue weighted by Crippen LogP contribution is 2.50. The molecule has 1 heterocycles. The van der Waals surface area contributed by atoms with Crippen molar-refractivity contribution in [2.24, 2.45) is 0 Å². The molecule has 0 radical (unpaired) electrons. The van der Waals surface area contributed by atoms with Crippen LogP contribution in [-0.2, 0) is 5.41 Å². The van der Waals surface area contributed by atoms with Crippen LogP contribution in [0.2, 0.25) is 0 Å². The van der Waals surface area contributed by atoms with Crippen LogP contribution in [0, 0.1) is 0 Å². The summed E-state index contributed by atoms with van der Waals surface area (Å²) in [5.74, 6) is -0.0123. The SMILES string of the molecule is CC1(c2ccccc2NC(=O)c2cccs2)CC1. The number of thiophene rings is 1. The standard InChI is InChI=1S/C15H15NOS/c1-15(8-9-15)11-5-2-3-6-12(11)16-14(17)13-7-4-10-18-13/h2-7,10H,8-9H2,1H3,(H,16,17). The van der Waals surface area contributed by atoms with Gasteiger partial charge in [-0.25, -0.2) is 0 Å². The van der Waals surface area contributed by atoms with Gasteiger partial charge in [0.25, 0.3) is 5.91 Å². The first kappa shape index (κ1) is 11.5. The molecule has 0 unspecified atom stereocenters. The fourth-order valence-electron chi connectivity index (χ4n) is 2.17. The first-order valence-corrected chi connectivity index (χ1v) is 7.01. The summed E-state index contributed by atoms with van der Waals surface area (Å²) in [5, 5.41) is 4.95. The zero-order valence-corrected chi connectivity index (χ0v) is 11.1. The maximum Gasteiger partial charge on any atom is 0.265 e. The topological polar surface area (TPSA) is 29.1 Å². The van der Waals surface area contributed by atoms with Gasteiger partial charge in [-0.15, -0.1) is 11.3 Å². The van der Waals surface area contributed by atoms with Crippen molar-refractivity contribution in [2.45, 2.75) is 25.2 Å². The van der Waals surface area contributed by atoms with Gasteiger partial charge >= 0.3 is 0 Å². The fraction of sp³-hybridized carbons (Fsp3) is 0.267. The number of nitrogens with one attached hydrogen (secondary N) is 1. The molecule has 1 amide bonds. The van der Waals surface area contributed by atoms with Crippen LogP contribution < -0.4 is 5.32 Å². The average Bonchev–Trinajstić information content (AvgIpc) is 2.93. The molecule has 1 N–H and O–H groups in total. The molecule has 2 nitrogen and oxygen atoms in total. The van der Waals surface area contributed by atoms with E-state index in [0.29, 0.717) is 0 Å². The molecule has 3 heteroatoms. The first-order valence-electron chi connectivity index (χ1n) is 6.13. The van der Waals surface area contributed by atoms with Crippen molar-refractivity contribution in [3.05, 3.63) is 52.2 Å². The van der Waals surface area contributed by atoms with Gasteiger partial charge < -0.3 is 5.32 Å². The van der Waals surface area contributed by atoms with E-state index < -0.39 is 0 Å². The van der Waals surface area contributed by atoms with Gasteiger partial charge in [-0.3, -0.25) is 4.79 Å². The van der Waals surface area contributed by atoms with E-state index in [-0.39, 0.29) is 11.3 Å². The Kier molecular flexibility index (Phi) is 2.71. The third kappa shape index (κ3) is 2.06. The van der Waals surface area contributed by atoms with Crippen LogP contribution in [0.25, 0.3) is 0 Å². The van der Waals surface area contributed by atoms with Gasteiger partial charge in [0.2, 0.25) is 0 Å². The number of benzene rings is 1. The molecule has 0 bridgehead atoms. The van der Waals surface area contributed by atoms with Crippen LogP contribution in [0.1, 0.15) is 35.0 Å². The number of amides is 1. The van der Waals surface area contributed by atoms with Crippen molar-refractivity contribution < 1.29 is 4.79 Å². The Morgan fingerprint density at radius 1 is 1.22 bits per heavy atom. The molecule has 0 saturated heterocycles. The van der Waals surface area contributed by atoms with Crippen LogP contribution in [0.4, 0.5) is 5.69 Å². The van der Waals surface area contributed by atoms with E-state index in [1.165, 1.54) is 29.7 Å². The third-order valence-electron chi connectivity index (χ3n) is 3.57. The number of carbonyl (C=O) groups excluding carboxylic acids is 1. The fourth-order valence-corrected chi connectivity index (χ4v) is 2.79. The summed E-state index contributed by atoms with van der Waals surface area (Å²) in [7, 11) is 0. The van der Waals surface area contributed by atoms with Crippen LogP contribution in [-0.4, -0.2) is 5.91 Å². The predicted octanol–water partition coefficient (Wildman–Crippen LogP) is 4.05. The second kappa shape index (κ2) is 4.25. The normalized spacial score (nSPS) is 16.3. The summed E-state index contributed by atoms with van der Waals surface area (Å²) in [6.45, 7) is 2.25. The molecule has 3 rings (SSSR count). The first-order chi connectivity index (χ1) is 8.69. The third-order valence-corrected chi connectivity index (χ3v) is 4.44. The van der Waals surface area contributed by atoms with E-state index in [4.69, 9.17) is 0 Å². The average molecular weight is 257 g/mol. The van der Waals surface area contributed by atoms with Crippen molar-refractivity contribution in [1.82, 2.24) is 0 Å². The number of hydrogen-bond donors (Lipinski definition) is 1. The summed E-state index contributed by atoms with van der Waals surface area (Å²) in [6.07, 6.45) is 2.41. The quantitative estimate of drug-likeness (QED) is 0.883. The van der Waals surface area contributed by atoms with Gasteiger partial charge in [-0.1, -0.05) is 31.2 Å². The Balaban J connectivity index is 1.87. The van der Waals surface area contributed by atoms with Crippen molar-refractivity contribution in [1.29, 1.82) is 0 Å². The largest absolute Gasteiger partial charge is 0.321 e. The molecule has 18 heavy (non-hydrogen) atoms. The summed E-state index contributed by atoms with van der Waals surface area (Å²) >= 11 is 1.47. The van der Waals surface area contributed by atoms with Crippen molar-refractivity contribution in [3.63, 3.8) is 0 Å².